The van der Waals surface area contributed by atoms with Crippen molar-refractivity contribution in [3.63, 3.8) is 0 Å². The molecule has 1 aliphatic rings. The lowest BCUT2D eigenvalue weighted by molar-refractivity contribution is 0.117. The summed E-state index contributed by atoms with van der Waals surface area (Å²) >= 11 is 0. The van der Waals surface area contributed by atoms with Crippen molar-refractivity contribution in [1.82, 2.24) is 4.90 Å². The van der Waals surface area contributed by atoms with Gasteiger partial charge in [-0.2, -0.15) is 0 Å². The number of rotatable bonds is 4. The normalized spacial score (nSPS) is 27.1. The number of likely N-dealkylation sites (tertiary alicyclic amines) is 1. The molecule has 0 spiro atoms. The van der Waals surface area contributed by atoms with Gasteiger partial charge in [0.15, 0.2) is 0 Å². The maximum atomic E-state index is 6.30. The molecule has 1 heterocycles. The van der Waals surface area contributed by atoms with E-state index in [2.05, 4.69) is 49.1 Å². The van der Waals surface area contributed by atoms with Crippen LogP contribution >= 0.6 is 0 Å². The van der Waals surface area contributed by atoms with Crippen molar-refractivity contribution >= 4 is 0 Å². The fraction of sp³-hybridized carbons (Fsp3) is 0.625. The SMILES string of the molecule is CC1CCC(C)N(CC(N)Cc2ccccc2)C1. The Labute approximate surface area is 111 Å². The minimum absolute atomic E-state index is 0.250. The number of hydrogen-bond acceptors (Lipinski definition) is 2. The van der Waals surface area contributed by atoms with Crippen molar-refractivity contribution in [1.29, 1.82) is 0 Å². The standard InChI is InChI=1S/C16H26N2/c1-13-8-9-14(2)18(11-13)12-16(17)10-15-6-4-3-5-7-15/h3-7,13-14,16H,8-12,17H2,1-2H3. The molecule has 0 radical (unpaired) electrons. The average Bonchev–Trinajstić information content (AvgIpc) is 2.35. The molecule has 1 saturated heterocycles. The minimum atomic E-state index is 0.250. The van der Waals surface area contributed by atoms with Crippen molar-refractivity contribution in [2.45, 2.75) is 45.2 Å². The Kier molecular flexibility index (Phi) is 4.79. The lowest BCUT2D eigenvalue weighted by Crippen LogP contribution is -2.47. The summed E-state index contributed by atoms with van der Waals surface area (Å²) in [6.07, 6.45) is 3.67. The van der Waals surface area contributed by atoms with Crippen LogP contribution in [0.1, 0.15) is 32.3 Å². The predicted octanol–water partition coefficient (Wildman–Crippen LogP) is 2.68. The van der Waals surface area contributed by atoms with E-state index in [0.717, 1.165) is 18.9 Å². The largest absolute Gasteiger partial charge is 0.326 e. The van der Waals surface area contributed by atoms with Crippen LogP contribution in [0.15, 0.2) is 30.3 Å². The molecule has 0 aromatic heterocycles. The minimum Gasteiger partial charge on any atom is -0.326 e. The highest BCUT2D eigenvalue weighted by atomic mass is 15.2. The molecule has 1 aromatic carbocycles. The molecule has 2 heteroatoms. The molecule has 2 nitrogen and oxygen atoms in total. The van der Waals surface area contributed by atoms with Crippen LogP contribution in [0.25, 0.3) is 0 Å². The first kappa shape index (κ1) is 13.6. The number of nitrogens with two attached hydrogens (primary N) is 1. The molecule has 0 amide bonds. The van der Waals surface area contributed by atoms with E-state index in [1.807, 2.05) is 0 Å². The summed E-state index contributed by atoms with van der Waals surface area (Å²) in [6, 6.07) is 11.5. The predicted molar refractivity (Wildman–Crippen MR) is 77.6 cm³/mol. The van der Waals surface area contributed by atoms with Gasteiger partial charge in [-0.1, -0.05) is 37.3 Å². The van der Waals surface area contributed by atoms with Gasteiger partial charge in [-0.15, -0.1) is 0 Å². The van der Waals surface area contributed by atoms with Gasteiger partial charge in [-0.25, -0.2) is 0 Å². The monoisotopic (exact) mass is 246 g/mol. The highest BCUT2D eigenvalue weighted by Crippen LogP contribution is 2.21. The number of nitrogens with zero attached hydrogens (tertiary/aromatic N) is 1. The highest BCUT2D eigenvalue weighted by Gasteiger charge is 2.24. The maximum Gasteiger partial charge on any atom is 0.0208 e. The lowest BCUT2D eigenvalue weighted by Gasteiger charge is -2.38. The quantitative estimate of drug-likeness (QED) is 0.885. The fourth-order valence-corrected chi connectivity index (χ4v) is 2.92. The van der Waals surface area contributed by atoms with Crippen LogP contribution in [0.2, 0.25) is 0 Å². The third-order valence-corrected chi connectivity index (χ3v) is 4.06. The first-order valence-corrected chi connectivity index (χ1v) is 7.18. The summed E-state index contributed by atoms with van der Waals surface area (Å²) in [4.78, 5) is 2.57. The molecule has 2 rings (SSSR count). The van der Waals surface area contributed by atoms with E-state index < -0.39 is 0 Å². The van der Waals surface area contributed by atoms with Gasteiger partial charge in [0, 0.05) is 25.2 Å². The number of hydrogen-bond donors (Lipinski definition) is 1. The summed E-state index contributed by atoms with van der Waals surface area (Å²) in [7, 11) is 0. The lowest BCUT2D eigenvalue weighted by atomic mass is 9.94. The Morgan fingerprint density at radius 2 is 1.94 bits per heavy atom. The molecular weight excluding hydrogens is 220 g/mol. The smallest absolute Gasteiger partial charge is 0.0208 e. The molecule has 2 N–H and O–H groups in total. The maximum absolute atomic E-state index is 6.30. The number of benzene rings is 1. The highest BCUT2D eigenvalue weighted by molar-refractivity contribution is 5.15. The molecular formula is C16H26N2. The van der Waals surface area contributed by atoms with Crippen molar-refractivity contribution in [2.75, 3.05) is 13.1 Å². The molecule has 0 saturated carbocycles. The van der Waals surface area contributed by atoms with E-state index in [9.17, 15) is 0 Å². The molecule has 0 bridgehead atoms. The summed E-state index contributed by atoms with van der Waals surface area (Å²) in [5, 5.41) is 0. The summed E-state index contributed by atoms with van der Waals surface area (Å²) in [5.74, 6) is 0.824. The Hall–Kier alpha value is -0.860. The third-order valence-electron chi connectivity index (χ3n) is 4.06. The van der Waals surface area contributed by atoms with Crippen LogP contribution in [0.4, 0.5) is 0 Å². The van der Waals surface area contributed by atoms with Crippen molar-refractivity contribution in [3.05, 3.63) is 35.9 Å². The van der Waals surface area contributed by atoms with E-state index in [4.69, 9.17) is 5.73 Å². The van der Waals surface area contributed by atoms with Gasteiger partial charge in [0.1, 0.15) is 0 Å². The third kappa shape index (κ3) is 3.82. The summed E-state index contributed by atoms with van der Waals surface area (Å²) in [5.41, 5.74) is 7.65. The molecule has 100 valence electrons. The van der Waals surface area contributed by atoms with Gasteiger partial charge in [0.2, 0.25) is 0 Å². The Balaban J connectivity index is 1.85. The zero-order valence-electron chi connectivity index (χ0n) is 11.7. The van der Waals surface area contributed by atoms with Crippen molar-refractivity contribution < 1.29 is 0 Å². The van der Waals surface area contributed by atoms with E-state index in [-0.39, 0.29) is 6.04 Å². The van der Waals surface area contributed by atoms with E-state index in [1.54, 1.807) is 0 Å². The fourth-order valence-electron chi connectivity index (χ4n) is 2.92. The summed E-state index contributed by atoms with van der Waals surface area (Å²) in [6.45, 7) is 6.92. The van der Waals surface area contributed by atoms with Gasteiger partial charge in [-0.05, 0) is 37.7 Å². The second-order valence-corrected chi connectivity index (χ2v) is 5.94. The van der Waals surface area contributed by atoms with Crippen molar-refractivity contribution in [2.24, 2.45) is 11.7 Å². The van der Waals surface area contributed by atoms with Gasteiger partial charge in [0.05, 0.1) is 0 Å². The van der Waals surface area contributed by atoms with Gasteiger partial charge in [0.25, 0.3) is 0 Å². The van der Waals surface area contributed by atoms with Crippen molar-refractivity contribution in [3.8, 4) is 0 Å². The van der Waals surface area contributed by atoms with E-state index in [0.29, 0.717) is 6.04 Å². The Morgan fingerprint density at radius 3 is 2.67 bits per heavy atom. The topological polar surface area (TPSA) is 29.3 Å². The Morgan fingerprint density at radius 1 is 1.22 bits per heavy atom. The first-order chi connectivity index (χ1) is 8.65. The average molecular weight is 246 g/mol. The first-order valence-electron chi connectivity index (χ1n) is 7.18. The number of piperidine rings is 1. The van der Waals surface area contributed by atoms with Crippen LogP contribution in [0, 0.1) is 5.92 Å². The van der Waals surface area contributed by atoms with E-state index in [1.165, 1.54) is 24.9 Å². The second kappa shape index (κ2) is 6.35. The second-order valence-electron chi connectivity index (χ2n) is 5.94. The van der Waals surface area contributed by atoms with Crippen LogP contribution in [-0.2, 0) is 6.42 Å². The zero-order chi connectivity index (χ0) is 13.0. The van der Waals surface area contributed by atoms with Gasteiger partial charge < -0.3 is 5.73 Å². The molecule has 3 unspecified atom stereocenters. The molecule has 3 atom stereocenters. The molecule has 18 heavy (non-hydrogen) atoms. The molecule has 1 fully saturated rings. The van der Waals surface area contributed by atoms with Crippen LogP contribution < -0.4 is 5.73 Å². The molecule has 1 aromatic rings. The molecule has 1 aliphatic heterocycles. The zero-order valence-corrected chi connectivity index (χ0v) is 11.7. The summed E-state index contributed by atoms with van der Waals surface area (Å²) < 4.78 is 0. The van der Waals surface area contributed by atoms with Gasteiger partial charge >= 0.3 is 0 Å². The van der Waals surface area contributed by atoms with Gasteiger partial charge in [-0.3, -0.25) is 4.90 Å². The Bertz CT molecular complexity index is 349. The van der Waals surface area contributed by atoms with Crippen LogP contribution in [0.3, 0.4) is 0 Å². The van der Waals surface area contributed by atoms with E-state index >= 15 is 0 Å². The van der Waals surface area contributed by atoms with Crippen LogP contribution in [-0.4, -0.2) is 30.1 Å². The molecule has 0 aliphatic carbocycles. The van der Waals surface area contributed by atoms with Crippen LogP contribution in [0.5, 0.6) is 0 Å².